The van der Waals surface area contributed by atoms with Gasteiger partial charge in [0.15, 0.2) is 0 Å². The number of para-hydroxylation sites is 1. The van der Waals surface area contributed by atoms with Crippen molar-refractivity contribution in [2.24, 2.45) is 0 Å². The number of carbonyl (C=O) groups excluding carboxylic acids is 1. The molecular formula is C23H25N3O2. The van der Waals surface area contributed by atoms with Crippen LogP contribution in [0.1, 0.15) is 31.4 Å². The van der Waals surface area contributed by atoms with E-state index in [2.05, 4.69) is 17.2 Å². The maximum Gasteiger partial charge on any atom is 0.244 e. The molecule has 0 aliphatic carbocycles. The molecule has 1 aromatic heterocycles. The highest BCUT2D eigenvalue weighted by Crippen LogP contribution is 2.21. The highest BCUT2D eigenvalue weighted by Gasteiger charge is 2.05. The van der Waals surface area contributed by atoms with Crippen LogP contribution in [0.25, 0.3) is 11.8 Å². The third-order valence-electron chi connectivity index (χ3n) is 4.44. The van der Waals surface area contributed by atoms with Gasteiger partial charge in [0.2, 0.25) is 5.91 Å². The second-order valence-electron chi connectivity index (χ2n) is 6.56. The zero-order chi connectivity index (χ0) is 19.8. The van der Waals surface area contributed by atoms with Gasteiger partial charge in [-0.2, -0.15) is 0 Å². The summed E-state index contributed by atoms with van der Waals surface area (Å²) in [6.45, 7) is 4.59. The van der Waals surface area contributed by atoms with Crippen LogP contribution in [0.4, 0.5) is 0 Å². The molecule has 0 radical (unpaired) electrons. The smallest absolute Gasteiger partial charge is 0.244 e. The standard InChI is InChI=1S/C23H25N3O2/c1-3-18(2)28-22-7-5-4-6-20(22)10-13-23(27)25-16-19-8-11-21(12-9-19)26-15-14-24-17-26/h4-15,17-18H,3,16H2,1-2H3,(H,25,27). The molecule has 1 amide bonds. The SMILES string of the molecule is CCC(C)Oc1ccccc1C=CC(=O)NCc1ccc(-n2ccnc2)cc1. The first-order chi connectivity index (χ1) is 13.7. The molecule has 0 saturated carbocycles. The van der Waals surface area contributed by atoms with Crippen molar-refractivity contribution in [3.63, 3.8) is 0 Å². The molecule has 28 heavy (non-hydrogen) atoms. The predicted molar refractivity (Wildman–Crippen MR) is 111 cm³/mol. The van der Waals surface area contributed by atoms with E-state index in [-0.39, 0.29) is 12.0 Å². The Kier molecular flexibility index (Phi) is 6.63. The van der Waals surface area contributed by atoms with Crippen molar-refractivity contribution < 1.29 is 9.53 Å². The minimum absolute atomic E-state index is 0.133. The highest BCUT2D eigenvalue weighted by molar-refractivity contribution is 5.92. The molecule has 0 spiro atoms. The van der Waals surface area contributed by atoms with Crippen LogP contribution in [0.5, 0.6) is 5.75 Å². The van der Waals surface area contributed by atoms with Gasteiger partial charge in [0.1, 0.15) is 5.75 Å². The maximum absolute atomic E-state index is 12.2. The van der Waals surface area contributed by atoms with Crippen molar-refractivity contribution in [3.05, 3.63) is 84.5 Å². The average Bonchev–Trinajstić information content (AvgIpc) is 3.27. The molecule has 0 saturated heterocycles. The second kappa shape index (κ2) is 9.55. The van der Waals surface area contributed by atoms with E-state index in [4.69, 9.17) is 4.74 Å². The molecule has 3 rings (SSSR count). The number of imidazole rings is 1. The summed E-state index contributed by atoms with van der Waals surface area (Å²) in [5.74, 6) is 0.646. The Morgan fingerprint density at radius 1 is 1.21 bits per heavy atom. The third-order valence-corrected chi connectivity index (χ3v) is 4.44. The summed E-state index contributed by atoms with van der Waals surface area (Å²) in [5, 5.41) is 2.91. The summed E-state index contributed by atoms with van der Waals surface area (Å²) in [7, 11) is 0. The van der Waals surface area contributed by atoms with E-state index in [1.165, 1.54) is 0 Å². The minimum Gasteiger partial charge on any atom is -0.490 e. The molecule has 5 heteroatoms. The first kappa shape index (κ1) is 19.4. The topological polar surface area (TPSA) is 56.1 Å². The number of hydrogen-bond donors (Lipinski definition) is 1. The van der Waals surface area contributed by atoms with Gasteiger partial charge in [-0.05, 0) is 43.2 Å². The van der Waals surface area contributed by atoms with E-state index in [1.807, 2.05) is 66.2 Å². The van der Waals surface area contributed by atoms with Crippen molar-refractivity contribution in [1.82, 2.24) is 14.9 Å². The maximum atomic E-state index is 12.2. The lowest BCUT2D eigenvalue weighted by molar-refractivity contribution is -0.116. The van der Waals surface area contributed by atoms with Crippen LogP contribution < -0.4 is 10.1 Å². The van der Waals surface area contributed by atoms with Gasteiger partial charge in [0.05, 0.1) is 12.4 Å². The molecule has 0 aliphatic rings. The number of aromatic nitrogens is 2. The molecule has 1 unspecified atom stereocenters. The fraction of sp³-hybridized carbons (Fsp3) is 0.217. The number of ether oxygens (including phenoxy) is 1. The Morgan fingerprint density at radius 3 is 2.71 bits per heavy atom. The summed E-state index contributed by atoms with van der Waals surface area (Å²) in [4.78, 5) is 16.2. The number of rotatable bonds is 8. The number of nitrogens with one attached hydrogen (secondary N) is 1. The van der Waals surface area contributed by atoms with Gasteiger partial charge in [-0.1, -0.05) is 37.3 Å². The Morgan fingerprint density at radius 2 is 2.00 bits per heavy atom. The number of benzene rings is 2. The van der Waals surface area contributed by atoms with Gasteiger partial charge in [-0.15, -0.1) is 0 Å². The summed E-state index contributed by atoms with van der Waals surface area (Å²) < 4.78 is 7.84. The van der Waals surface area contributed by atoms with E-state index in [0.717, 1.165) is 29.0 Å². The normalized spacial score (nSPS) is 12.1. The molecule has 0 fully saturated rings. The van der Waals surface area contributed by atoms with Crippen molar-refractivity contribution in [1.29, 1.82) is 0 Å². The first-order valence-electron chi connectivity index (χ1n) is 9.44. The lowest BCUT2D eigenvalue weighted by Gasteiger charge is -2.14. The molecule has 1 atom stereocenters. The second-order valence-corrected chi connectivity index (χ2v) is 6.56. The zero-order valence-electron chi connectivity index (χ0n) is 16.2. The molecule has 1 heterocycles. The van der Waals surface area contributed by atoms with Gasteiger partial charge in [0.25, 0.3) is 0 Å². The lowest BCUT2D eigenvalue weighted by Crippen LogP contribution is -2.20. The predicted octanol–water partition coefficient (Wildman–Crippen LogP) is 4.38. The van der Waals surface area contributed by atoms with Crippen LogP contribution in [-0.2, 0) is 11.3 Å². The Labute approximate surface area is 165 Å². The molecule has 3 aromatic rings. The largest absolute Gasteiger partial charge is 0.490 e. The summed E-state index contributed by atoms with van der Waals surface area (Å²) in [6, 6.07) is 15.7. The number of amides is 1. The quantitative estimate of drug-likeness (QED) is 0.595. The van der Waals surface area contributed by atoms with Crippen molar-refractivity contribution in [3.8, 4) is 11.4 Å². The molecular weight excluding hydrogens is 350 g/mol. The minimum atomic E-state index is -0.142. The van der Waals surface area contributed by atoms with E-state index in [9.17, 15) is 4.79 Å². The highest BCUT2D eigenvalue weighted by atomic mass is 16.5. The zero-order valence-corrected chi connectivity index (χ0v) is 16.2. The van der Waals surface area contributed by atoms with Crippen LogP contribution in [0, 0.1) is 0 Å². The average molecular weight is 375 g/mol. The van der Waals surface area contributed by atoms with Crippen molar-refractivity contribution in [2.45, 2.75) is 32.9 Å². The fourth-order valence-electron chi connectivity index (χ4n) is 2.64. The van der Waals surface area contributed by atoms with Crippen molar-refractivity contribution >= 4 is 12.0 Å². The molecule has 2 aromatic carbocycles. The molecule has 0 aliphatic heterocycles. The number of nitrogens with zero attached hydrogens (tertiary/aromatic N) is 2. The van der Waals surface area contributed by atoms with Gasteiger partial charge >= 0.3 is 0 Å². The van der Waals surface area contributed by atoms with Crippen LogP contribution >= 0.6 is 0 Å². The van der Waals surface area contributed by atoms with Gasteiger partial charge in [-0.3, -0.25) is 4.79 Å². The van der Waals surface area contributed by atoms with Gasteiger partial charge in [0, 0.05) is 36.3 Å². The third kappa shape index (κ3) is 5.33. The van der Waals surface area contributed by atoms with Crippen LogP contribution in [-0.4, -0.2) is 21.6 Å². The Bertz CT molecular complexity index is 915. The summed E-state index contributed by atoms with van der Waals surface area (Å²) in [6.07, 6.45) is 9.78. The Hall–Kier alpha value is -3.34. The molecule has 1 N–H and O–H groups in total. The van der Waals surface area contributed by atoms with E-state index in [0.29, 0.717) is 6.54 Å². The number of carbonyl (C=O) groups is 1. The van der Waals surface area contributed by atoms with E-state index >= 15 is 0 Å². The first-order valence-corrected chi connectivity index (χ1v) is 9.44. The van der Waals surface area contributed by atoms with Crippen LogP contribution in [0.3, 0.4) is 0 Å². The van der Waals surface area contributed by atoms with Gasteiger partial charge in [-0.25, -0.2) is 4.98 Å². The van der Waals surface area contributed by atoms with Crippen molar-refractivity contribution in [2.75, 3.05) is 0 Å². The lowest BCUT2D eigenvalue weighted by atomic mass is 10.1. The molecule has 0 bridgehead atoms. The monoisotopic (exact) mass is 375 g/mol. The van der Waals surface area contributed by atoms with Crippen LogP contribution in [0.15, 0.2) is 73.3 Å². The van der Waals surface area contributed by atoms with E-state index < -0.39 is 0 Å². The number of hydrogen-bond acceptors (Lipinski definition) is 3. The summed E-state index contributed by atoms with van der Waals surface area (Å²) in [5.41, 5.74) is 2.96. The van der Waals surface area contributed by atoms with Crippen LogP contribution in [0.2, 0.25) is 0 Å². The van der Waals surface area contributed by atoms with E-state index in [1.54, 1.807) is 24.7 Å². The molecule has 5 nitrogen and oxygen atoms in total. The molecule has 144 valence electrons. The van der Waals surface area contributed by atoms with Gasteiger partial charge < -0.3 is 14.6 Å². The fourth-order valence-corrected chi connectivity index (χ4v) is 2.64. The Balaban J connectivity index is 1.56. The summed E-state index contributed by atoms with van der Waals surface area (Å²) >= 11 is 0.